The highest BCUT2D eigenvalue weighted by Crippen LogP contribution is 2.07. The number of piperazine rings is 1. The van der Waals surface area contributed by atoms with Gasteiger partial charge in [-0.15, -0.1) is 0 Å². The van der Waals surface area contributed by atoms with Crippen molar-refractivity contribution in [3.63, 3.8) is 0 Å². The molecule has 0 bridgehead atoms. The molecule has 1 saturated heterocycles. The van der Waals surface area contributed by atoms with Crippen LogP contribution in [0.2, 0.25) is 0 Å². The van der Waals surface area contributed by atoms with Crippen molar-refractivity contribution in [1.29, 1.82) is 0 Å². The monoisotopic (exact) mass is 228 g/mol. The second kappa shape index (κ2) is 6.35. The van der Waals surface area contributed by atoms with E-state index in [1.54, 1.807) is 4.90 Å². The predicted octanol–water partition coefficient (Wildman–Crippen LogP) is 1.09. The first-order chi connectivity index (χ1) is 7.69. The number of nitrogens with zero attached hydrogens (tertiary/aromatic N) is 2. The van der Waals surface area contributed by atoms with Gasteiger partial charge in [0, 0.05) is 32.6 Å². The minimum Gasteiger partial charge on any atom is -0.453 e. The molecule has 1 aliphatic rings. The fourth-order valence-electron chi connectivity index (χ4n) is 1.75. The quantitative estimate of drug-likeness (QED) is 0.726. The molecule has 5 nitrogen and oxygen atoms in total. The predicted molar refractivity (Wildman–Crippen MR) is 60.1 cm³/mol. The molecule has 0 N–H and O–H groups in total. The summed E-state index contributed by atoms with van der Waals surface area (Å²) in [5.41, 5.74) is 0. The molecular weight excluding hydrogens is 208 g/mol. The molecule has 1 rings (SSSR count). The molecule has 0 aliphatic carbocycles. The van der Waals surface area contributed by atoms with E-state index in [1.165, 1.54) is 7.11 Å². The van der Waals surface area contributed by atoms with Crippen LogP contribution in [0, 0.1) is 0 Å². The van der Waals surface area contributed by atoms with Gasteiger partial charge in [0.2, 0.25) is 5.91 Å². The van der Waals surface area contributed by atoms with E-state index in [2.05, 4.69) is 11.7 Å². The van der Waals surface area contributed by atoms with Crippen LogP contribution in [-0.4, -0.2) is 55.1 Å². The van der Waals surface area contributed by atoms with E-state index in [-0.39, 0.29) is 12.0 Å². The minimum absolute atomic E-state index is 0.200. The molecule has 1 fully saturated rings. The number of methoxy groups -OCH3 is 1. The Hall–Kier alpha value is -1.26. The Morgan fingerprint density at radius 3 is 2.19 bits per heavy atom. The average molecular weight is 228 g/mol. The molecular formula is C11H20N2O3. The molecule has 2 amide bonds. The molecule has 0 spiro atoms. The molecule has 1 heterocycles. The Morgan fingerprint density at radius 2 is 1.69 bits per heavy atom. The third-order valence-electron chi connectivity index (χ3n) is 2.81. The van der Waals surface area contributed by atoms with Crippen molar-refractivity contribution >= 4 is 12.0 Å². The van der Waals surface area contributed by atoms with Gasteiger partial charge in [-0.2, -0.15) is 0 Å². The standard InChI is InChI=1S/C11H20N2O3/c1-3-4-5-10(14)12-6-8-13(9-7-12)11(15)16-2/h3-9H2,1-2H3. The normalized spacial score (nSPS) is 16.1. The number of rotatable bonds is 3. The minimum atomic E-state index is -0.305. The van der Waals surface area contributed by atoms with Crippen LogP contribution in [0.4, 0.5) is 4.79 Å². The van der Waals surface area contributed by atoms with Crippen molar-refractivity contribution in [3.05, 3.63) is 0 Å². The first kappa shape index (κ1) is 12.8. The first-order valence-corrected chi connectivity index (χ1v) is 5.79. The summed E-state index contributed by atoms with van der Waals surface area (Å²) < 4.78 is 4.63. The number of ether oxygens (including phenoxy) is 1. The van der Waals surface area contributed by atoms with Gasteiger partial charge in [0.1, 0.15) is 0 Å². The van der Waals surface area contributed by atoms with E-state index in [1.807, 2.05) is 4.90 Å². The van der Waals surface area contributed by atoms with Crippen LogP contribution in [0.5, 0.6) is 0 Å². The van der Waals surface area contributed by atoms with Crippen LogP contribution in [0.3, 0.4) is 0 Å². The summed E-state index contributed by atoms with van der Waals surface area (Å²) in [6.45, 7) is 4.47. The van der Waals surface area contributed by atoms with Crippen LogP contribution < -0.4 is 0 Å². The molecule has 0 aromatic carbocycles. The molecule has 0 radical (unpaired) electrons. The molecule has 1 aliphatic heterocycles. The first-order valence-electron chi connectivity index (χ1n) is 5.79. The second-order valence-electron chi connectivity index (χ2n) is 3.94. The fourth-order valence-corrected chi connectivity index (χ4v) is 1.75. The highest BCUT2D eigenvalue weighted by molar-refractivity contribution is 5.76. The SMILES string of the molecule is CCCCC(=O)N1CCN(C(=O)OC)CC1. The molecule has 0 aromatic rings. The molecule has 0 atom stereocenters. The van der Waals surface area contributed by atoms with Crippen LogP contribution in [0.15, 0.2) is 0 Å². The number of unbranched alkanes of at least 4 members (excludes halogenated alkanes) is 1. The zero-order valence-electron chi connectivity index (χ0n) is 10.1. The Kier molecular flexibility index (Phi) is 5.08. The lowest BCUT2D eigenvalue weighted by molar-refractivity contribution is -0.132. The summed E-state index contributed by atoms with van der Waals surface area (Å²) in [6.07, 6.45) is 2.29. The van der Waals surface area contributed by atoms with Gasteiger partial charge in [-0.1, -0.05) is 13.3 Å². The van der Waals surface area contributed by atoms with Crippen molar-refractivity contribution in [3.8, 4) is 0 Å². The molecule has 0 aromatic heterocycles. The Bertz CT molecular complexity index is 248. The Morgan fingerprint density at radius 1 is 1.12 bits per heavy atom. The Balaban J connectivity index is 2.31. The molecule has 0 unspecified atom stereocenters. The second-order valence-corrected chi connectivity index (χ2v) is 3.94. The molecule has 0 saturated carbocycles. The van der Waals surface area contributed by atoms with Gasteiger partial charge in [0.05, 0.1) is 7.11 Å². The van der Waals surface area contributed by atoms with Crippen molar-refractivity contribution in [2.45, 2.75) is 26.2 Å². The maximum absolute atomic E-state index is 11.7. The van der Waals surface area contributed by atoms with E-state index in [9.17, 15) is 9.59 Å². The van der Waals surface area contributed by atoms with Gasteiger partial charge in [0.15, 0.2) is 0 Å². The third-order valence-corrected chi connectivity index (χ3v) is 2.81. The van der Waals surface area contributed by atoms with Gasteiger partial charge < -0.3 is 14.5 Å². The smallest absolute Gasteiger partial charge is 0.409 e. The topological polar surface area (TPSA) is 49.9 Å². The zero-order chi connectivity index (χ0) is 12.0. The van der Waals surface area contributed by atoms with Crippen LogP contribution in [0.25, 0.3) is 0 Å². The van der Waals surface area contributed by atoms with E-state index >= 15 is 0 Å². The maximum atomic E-state index is 11.7. The lowest BCUT2D eigenvalue weighted by Crippen LogP contribution is -2.50. The van der Waals surface area contributed by atoms with Gasteiger partial charge in [-0.05, 0) is 6.42 Å². The largest absolute Gasteiger partial charge is 0.453 e. The van der Waals surface area contributed by atoms with E-state index in [4.69, 9.17) is 0 Å². The van der Waals surface area contributed by atoms with Crippen LogP contribution in [-0.2, 0) is 9.53 Å². The number of amides is 2. The highest BCUT2D eigenvalue weighted by Gasteiger charge is 2.23. The number of carbonyl (C=O) groups is 2. The lowest BCUT2D eigenvalue weighted by atomic mass is 10.2. The molecule has 92 valence electrons. The van der Waals surface area contributed by atoms with Crippen molar-refractivity contribution in [2.24, 2.45) is 0 Å². The summed E-state index contributed by atoms with van der Waals surface area (Å²) in [6, 6.07) is 0. The van der Waals surface area contributed by atoms with Gasteiger partial charge in [-0.25, -0.2) is 4.79 Å². The van der Waals surface area contributed by atoms with Crippen LogP contribution in [0.1, 0.15) is 26.2 Å². The van der Waals surface area contributed by atoms with Crippen molar-refractivity contribution in [1.82, 2.24) is 9.80 Å². The van der Waals surface area contributed by atoms with Crippen LogP contribution >= 0.6 is 0 Å². The molecule has 16 heavy (non-hydrogen) atoms. The summed E-state index contributed by atoms with van der Waals surface area (Å²) >= 11 is 0. The lowest BCUT2D eigenvalue weighted by Gasteiger charge is -2.33. The summed E-state index contributed by atoms with van der Waals surface area (Å²) in [5, 5.41) is 0. The maximum Gasteiger partial charge on any atom is 0.409 e. The van der Waals surface area contributed by atoms with E-state index in [0.29, 0.717) is 32.6 Å². The number of hydrogen-bond acceptors (Lipinski definition) is 3. The summed E-state index contributed by atoms with van der Waals surface area (Å²) in [4.78, 5) is 26.4. The van der Waals surface area contributed by atoms with Crippen molar-refractivity contribution in [2.75, 3.05) is 33.3 Å². The molecule has 5 heteroatoms. The Labute approximate surface area is 96.3 Å². The van der Waals surface area contributed by atoms with E-state index in [0.717, 1.165) is 12.8 Å². The average Bonchev–Trinajstić information content (AvgIpc) is 2.35. The third kappa shape index (κ3) is 3.40. The zero-order valence-corrected chi connectivity index (χ0v) is 10.1. The van der Waals surface area contributed by atoms with Crippen molar-refractivity contribution < 1.29 is 14.3 Å². The highest BCUT2D eigenvalue weighted by atomic mass is 16.5. The van der Waals surface area contributed by atoms with Gasteiger partial charge in [0.25, 0.3) is 0 Å². The summed E-state index contributed by atoms with van der Waals surface area (Å²) in [7, 11) is 1.38. The van der Waals surface area contributed by atoms with E-state index < -0.39 is 0 Å². The van der Waals surface area contributed by atoms with Gasteiger partial charge in [-0.3, -0.25) is 4.79 Å². The fraction of sp³-hybridized carbons (Fsp3) is 0.818. The number of carbonyl (C=O) groups excluding carboxylic acids is 2. The summed E-state index contributed by atoms with van der Waals surface area (Å²) in [5.74, 6) is 0.200. The number of hydrogen-bond donors (Lipinski definition) is 0. The van der Waals surface area contributed by atoms with Gasteiger partial charge >= 0.3 is 6.09 Å².